The van der Waals surface area contributed by atoms with E-state index < -0.39 is 6.09 Å². The van der Waals surface area contributed by atoms with Gasteiger partial charge in [-0.05, 0) is 20.8 Å². The highest BCUT2D eigenvalue weighted by molar-refractivity contribution is 5.82. The van der Waals surface area contributed by atoms with Gasteiger partial charge in [0.15, 0.2) is 0 Å². The fraction of sp³-hybridized carbons (Fsp3) is 0.778. The van der Waals surface area contributed by atoms with E-state index in [1.807, 2.05) is 6.92 Å². The number of ether oxygens (including phenoxy) is 1. The minimum atomic E-state index is -0.443. The van der Waals surface area contributed by atoms with Gasteiger partial charge >= 0.3 is 6.09 Å². The van der Waals surface area contributed by atoms with Gasteiger partial charge in [0.1, 0.15) is 6.54 Å². The molecule has 0 heterocycles. The highest BCUT2D eigenvalue weighted by Gasteiger charge is 2.15. The third kappa shape index (κ3) is 4.69. The summed E-state index contributed by atoms with van der Waals surface area (Å²) < 4.78 is 4.78. The van der Waals surface area contributed by atoms with Gasteiger partial charge in [-0.15, -0.1) is 0 Å². The summed E-state index contributed by atoms with van der Waals surface area (Å²) in [6.07, 6.45) is -0.443. The van der Waals surface area contributed by atoms with Gasteiger partial charge in [-0.25, -0.2) is 4.79 Å². The Balaban J connectivity index is 4.01. The maximum atomic E-state index is 11.2. The third-order valence-electron chi connectivity index (χ3n) is 1.62. The summed E-state index contributed by atoms with van der Waals surface area (Å²) in [6.45, 7) is 6.79. The van der Waals surface area contributed by atoms with E-state index in [1.165, 1.54) is 4.90 Å². The van der Waals surface area contributed by atoms with Crippen LogP contribution in [0.3, 0.4) is 0 Å². The van der Waals surface area contributed by atoms with Gasteiger partial charge in [-0.3, -0.25) is 9.69 Å². The molecule has 0 fully saturated rings. The second-order valence-electron chi connectivity index (χ2n) is 2.67. The van der Waals surface area contributed by atoms with Crippen LogP contribution in [0.15, 0.2) is 0 Å². The zero-order valence-corrected chi connectivity index (χ0v) is 9.00. The van der Waals surface area contributed by atoms with Crippen molar-refractivity contribution >= 4 is 12.0 Å². The molecule has 0 aromatic heterocycles. The summed E-state index contributed by atoms with van der Waals surface area (Å²) in [6, 6.07) is 0. The zero-order valence-electron chi connectivity index (χ0n) is 9.00. The Morgan fingerprint density at radius 1 is 1.29 bits per heavy atom. The molecule has 0 aromatic rings. The van der Waals surface area contributed by atoms with Crippen LogP contribution in [-0.2, 0) is 9.53 Å². The number of nitrogens with zero attached hydrogens (tertiary/aromatic N) is 1. The number of hydrogen-bond acceptors (Lipinski definition) is 3. The van der Waals surface area contributed by atoms with Crippen LogP contribution < -0.4 is 5.32 Å². The first-order chi connectivity index (χ1) is 6.65. The molecule has 0 saturated carbocycles. The molecule has 0 radical (unpaired) electrons. The molecule has 0 spiro atoms. The van der Waals surface area contributed by atoms with E-state index in [2.05, 4.69) is 5.32 Å². The molecule has 1 N–H and O–H groups in total. The number of hydrogen-bond donors (Lipinski definition) is 1. The van der Waals surface area contributed by atoms with E-state index in [0.29, 0.717) is 19.7 Å². The summed E-state index contributed by atoms with van der Waals surface area (Å²) in [5.41, 5.74) is 0. The standard InChI is InChI=1S/C9H18N2O3/c1-4-10-8(12)7-11(5-2)9(13)14-6-3/h4-7H2,1-3H3,(H,10,12). The van der Waals surface area contributed by atoms with Gasteiger partial charge < -0.3 is 10.1 Å². The Kier molecular flexibility index (Phi) is 6.53. The predicted molar refractivity (Wildman–Crippen MR) is 53.0 cm³/mol. The van der Waals surface area contributed by atoms with Crippen molar-refractivity contribution in [1.82, 2.24) is 10.2 Å². The molecule has 0 aromatic carbocycles. The summed E-state index contributed by atoms with van der Waals surface area (Å²) >= 11 is 0. The minimum absolute atomic E-state index is 0.0587. The minimum Gasteiger partial charge on any atom is -0.450 e. The second-order valence-corrected chi connectivity index (χ2v) is 2.67. The molecule has 0 saturated heterocycles. The molecular weight excluding hydrogens is 184 g/mol. The van der Waals surface area contributed by atoms with E-state index in [9.17, 15) is 9.59 Å². The lowest BCUT2D eigenvalue weighted by Crippen LogP contribution is -2.40. The highest BCUT2D eigenvalue weighted by Crippen LogP contribution is 1.93. The lowest BCUT2D eigenvalue weighted by Gasteiger charge is -2.18. The smallest absolute Gasteiger partial charge is 0.410 e. The van der Waals surface area contributed by atoms with Crippen molar-refractivity contribution in [1.29, 1.82) is 0 Å². The fourth-order valence-corrected chi connectivity index (χ4v) is 0.947. The molecule has 0 unspecified atom stereocenters. The molecule has 5 nitrogen and oxygen atoms in total. The maximum Gasteiger partial charge on any atom is 0.410 e. The first kappa shape index (κ1) is 12.7. The Morgan fingerprint density at radius 3 is 2.36 bits per heavy atom. The number of nitrogens with one attached hydrogen (secondary N) is 1. The van der Waals surface area contributed by atoms with Crippen molar-refractivity contribution in [2.24, 2.45) is 0 Å². The largest absolute Gasteiger partial charge is 0.450 e. The van der Waals surface area contributed by atoms with E-state index in [4.69, 9.17) is 4.74 Å². The van der Waals surface area contributed by atoms with E-state index in [-0.39, 0.29) is 12.5 Å². The fourth-order valence-electron chi connectivity index (χ4n) is 0.947. The van der Waals surface area contributed by atoms with Crippen molar-refractivity contribution in [3.8, 4) is 0 Å². The molecule has 0 rings (SSSR count). The van der Waals surface area contributed by atoms with Crippen molar-refractivity contribution in [3.63, 3.8) is 0 Å². The van der Waals surface area contributed by atoms with Crippen molar-refractivity contribution < 1.29 is 14.3 Å². The normalized spacial score (nSPS) is 9.36. The molecule has 0 aliphatic heterocycles. The van der Waals surface area contributed by atoms with Crippen LogP contribution in [0.25, 0.3) is 0 Å². The lowest BCUT2D eigenvalue weighted by atomic mass is 10.5. The Hall–Kier alpha value is -1.26. The molecule has 2 amide bonds. The molecular formula is C9H18N2O3. The average Bonchev–Trinajstić information content (AvgIpc) is 2.15. The highest BCUT2D eigenvalue weighted by atomic mass is 16.6. The lowest BCUT2D eigenvalue weighted by molar-refractivity contribution is -0.121. The van der Waals surface area contributed by atoms with Gasteiger partial charge in [0, 0.05) is 13.1 Å². The SMILES string of the molecule is CCNC(=O)CN(CC)C(=O)OCC. The summed E-state index contributed by atoms with van der Waals surface area (Å²) in [7, 11) is 0. The van der Waals surface area contributed by atoms with Gasteiger partial charge in [0.05, 0.1) is 6.61 Å². The van der Waals surface area contributed by atoms with Crippen LogP contribution in [0.5, 0.6) is 0 Å². The first-order valence-electron chi connectivity index (χ1n) is 4.84. The molecule has 0 atom stereocenters. The zero-order chi connectivity index (χ0) is 11.0. The van der Waals surface area contributed by atoms with Gasteiger partial charge in [-0.1, -0.05) is 0 Å². The van der Waals surface area contributed by atoms with Crippen LogP contribution in [0.4, 0.5) is 4.79 Å². The molecule has 14 heavy (non-hydrogen) atoms. The topological polar surface area (TPSA) is 58.6 Å². The molecule has 0 aliphatic rings. The van der Waals surface area contributed by atoms with Crippen LogP contribution in [0, 0.1) is 0 Å². The Bertz CT molecular complexity index is 194. The van der Waals surface area contributed by atoms with Crippen molar-refractivity contribution in [2.45, 2.75) is 20.8 Å². The maximum absolute atomic E-state index is 11.2. The Labute approximate surface area is 84.4 Å². The summed E-state index contributed by atoms with van der Waals surface area (Å²) in [5.74, 6) is -0.164. The van der Waals surface area contributed by atoms with Crippen molar-refractivity contribution in [2.75, 3.05) is 26.2 Å². The molecule has 82 valence electrons. The van der Waals surface area contributed by atoms with Crippen LogP contribution in [0.1, 0.15) is 20.8 Å². The average molecular weight is 202 g/mol. The second kappa shape index (κ2) is 7.17. The summed E-state index contributed by atoms with van der Waals surface area (Å²) in [5, 5.41) is 2.62. The number of amides is 2. The van der Waals surface area contributed by atoms with Crippen LogP contribution in [-0.4, -0.2) is 43.1 Å². The van der Waals surface area contributed by atoms with E-state index in [0.717, 1.165) is 0 Å². The number of carbonyl (C=O) groups excluding carboxylic acids is 2. The van der Waals surface area contributed by atoms with E-state index in [1.54, 1.807) is 13.8 Å². The summed E-state index contributed by atoms with van der Waals surface area (Å²) in [4.78, 5) is 23.8. The van der Waals surface area contributed by atoms with Gasteiger partial charge in [-0.2, -0.15) is 0 Å². The predicted octanol–water partition coefficient (Wildman–Crippen LogP) is 0.601. The molecule has 5 heteroatoms. The number of carbonyl (C=O) groups is 2. The number of likely N-dealkylation sites (N-methyl/N-ethyl adjacent to an activating group) is 2. The van der Waals surface area contributed by atoms with E-state index >= 15 is 0 Å². The molecule has 0 bridgehead atoms. The molecule has 0 aliphatic carbocycles. The van der Waals surface area contributed by atoms with Gasteiger partial charge in [0.2, 0.25) is 5.91 Å². The third-order valence-corrected chi connectivity index (χ3v) is 1.62. The number of rotatable bonds is 5. The monoisotopic (exact) mass is 202 g/mol. The first-order valence-corrected chi connectivity index (χ1v) is 4.84. The Morgan fingerprint density at radius 2 is 1.93 bits per heavy atom. The van der Waals surface area contributed by atoms with Gasteiger partial charge in [0.25, 0.3) is 0 Å². The van der Waals surface area contributed by atoms with Crippen LogP contribution in [0.2, 0.25) is 0 Å². The van der Waals surface area contributed by atoms with Crippen molar-refractivity contribution in [3.05, 3.63) is 0 Å². The quantitative estimate of drug-likeness (QED) is 0.710. The van der Waals surface area contributed by atoms with Crippen LogP contribution >= 0.6 is 0 Å².